The van der Waals surface area contributed by atoms with Crippen LogP contribution in [-0.4, -0.2) is 11.6 Å². The van der Waals surface area contributed by atoms with E-state index in [2.05, 4.69) is 0 Å². The van der Waals surface area contributed by atoms with Crippen molar-refractivity contribution < 1.29 is 9.59 Å². The van der Waals surface area contributed by atoms with Crippen LogP contribution in [0.1, 0.15) is 31.8 Å². The van der Waals surface area contributed by atoms with Crippen molar-refractivity contribution in [2.24, 2.45) is 0 Å². The van der Waals surface area contributed by atoms with Gasteiger partial charge in [0.2, 0.25) is 0 Å². The van der Waals surface area contributed by atoms with Crippen LogP contribution in [0.2, 0.25) is 5.02 Å². The highest BCUT2D eigenvalue weighted by Gasteiger charge is 2.32. The van der Waals surface area contributed by atoms with Gasteiger partial charge in [-0.3, -0.25) is 9.59 Å². The van der Waals surface area contributed by atoms with Gasteiger partial charge in [0.05, 0.1) is 11.1 Å². The van der Waals surface area contributed by atoms with Crippen LogP contribution in [-0.2, 0) is 0 Å². The van der Waals surface area contributed by atoms with Crippen molar-refractivity contribution >= 4 is 34.5 Å². The minimum Gasteiger partial charge on any atom is -0.398 e. The zero-order valence-corrected chi connectivity index (χ0v) is 10.5. The average Bonchev–Trinajstić information content (AvgIpc) is 2.38. The highest BCUT2D eigenvalue weighted by atomic mass is 35.5. The summed E-state index contributed by atoms with van der Waals surface area (Å²) in [4.78, 5) is 24.8. The molecule has 0 unspecified atom stereocenters. The molecule has 0 saturated heterocycles. The molecule has 5 heteroatoms. The summed E-state index contributed by atoms with van der Waals surface area (Å²) in [5.41, 5.74) is 13.0. The normalized spacial score (nSPS) is 13.1. The Balaban J connectivity index is 2.39. The third kappa shape index (κ3) is 1.54. The minimum atomic E-state index is -0.322. The number of carbonyl (C=O) groups excluding carboxylic acids is 2. The lowest BCUT2D eigenvalue weighted by atomic mass is 9.82. The molecule has 0 fully saturated rings. The van der Waals surface area contributed by atoms with E-state index >= 15 is 0 Å². The molecule has 2 aromatic rings. The Kier molecular flexibility index (Phi) is 2.37. The van der Waals surface area contributed by atoms with Crippen molar-refractivity contribution in [2.45, 2.75) is 0 Å². The molecule has 0 heterocycles. The molecule has 0 bridgehead atoms. The van der Waals surface area contributed by atoms with Gasteiger partial charge in [0.15, 0.2) is 11.6 Å². The van der Waals surface area contributed by atoms with E-state index in [0.717, 1.165) is 0 Å². The first-order valence-corrected chi connectivity index (χ1v) is 5.95. The number of nitrogens with two attached hydrogens (primary N) is 2. The molecule has 1 aliphatic rings. The van der Waals surface area contributed by atoms with E-state index in [9.17, 15) is 9.59 Å². The third-order valence-electron chi connectivity index (χ3n) is 3.19. The van der Waals surface area contributed by atoms with E-state index in [4.69, 9.17) is 23.1 Å². The Hall–Kier alpha value is -2.33. The number of carbonyl (C=O) groups is 2. The van der Waals surface area contributed by atoms with Gasteiger partial charge >= 0.3 is 0 Å². The minimum absolute atomic E-state index is 0.166. The van der Waals surface area contributed by atoms with Crippen LogP contribution in [0.5, 0.6) is 0 Å². The lowest BCUT2D eigenvalue weighted by molar-refractivity contribution is 0.0980. The lowest BCUT2D eigenvalue weighted by Crippen LogP contribution is -2.23. The van der Waals surface area contributed by atoms with Gasteiger partial charge in [-0.15, -0.1) is 0 Å². The molecule has 0 saturated carbocycles. The quantitative estimate of drug-likeness (QED) is 0.615. The highest BCUT2D eigenvalue weighted by Crippen LogP contribution is 2.34. The number of anilines is 2. The molecule has 0 spiro atoms. The second-order valence-electron chi connectivity index (χ2n) is 4.34. The number of nitrogen functional groups attached to an aromatic ring is 2. The standard InChI is InChI=1S/C14H9ClN2O2/c15-6-1-2-7-8(5-6)14(19)12-10(17)4-3-9(16)11(12)13(7)18/h1-5H,16-17H2. The van der Waals surface area contributed by atoms with Gasteiger partial charge in [0.25, 0.3) is 0 Å². The summed E-state index contributed by atoms with van der Waals surface area (Å²) >= 11 is 5.87. The maximum Gasteiger partial charge on any atom is 0.196 e. The van der Waals surface area contributed by atoms with Gasteiger partial charge in [-0.05, 0) is 30.3 Å². The first-order chi connectivity index (χ1) is 9.00. The van der Waals surface area contributed by atoms with Gasteiger partial charge in [-0.25, -0.2) is 0 Å². The molecule has 1 aliphatic carbocycles. The summed E-state index contributed by atoms with van der Waals surface area (Å²) in [5.74, 6) is -0.622. The van der Waals surface area contributed by atoms with Gasteiger partial charge in [0, 0.05) is 27.5 Å². The summed E-state index contributed by atoms with van der Waals surface area (Å²) < 4.78 is 0. The summed E-state index contributed by atoms with van der Waals surface area (Å²) in [6, 6.07) is 7.63. The first-order valence-electron chi connectivity index (χ1n) is 5.57. The predicted molar refractivity (Wildman–Crippen MR) is 73.6 cm³/mol. The second-order valence-corrected chi connectivity index (χ2v) is 4.78. The predicted octanol–water partition coefficient (Wildman–Crippen LogP) is 2.28. The molecule has 0 amide bonds. The molecule has 0 atom stereocenters. The molecule has 0 radical (unpaired) electrons. The van der Waals surface area contributed by atoms with E-state index < -0.39 is 0 Å². The zero-order valence-electron chi connectivity index (χ0n) is 9.74. The van der Waals surface area contributed by atoms with E-state index in [1.54, 1.807) is 6.07 Å². The van der Waals surface area contributed by atoms with Gasteiger partial charge in [0.1, 0.15) is 0 Å². The molecule has 3 rings (SSSR count). The van der Waals surface area contributed by atoms with Crippen LogP contribution >= 0.6 is 11.6 Å². The fourth-order valence-corrected chi connectivity index (χ4v) is 2.47. The molecule has 94 valence electrons. The number of ketones is 2. The topological polar surface area (TPSA) is 86.2 Å². The fourth-order valence-electron chi connectivity index (χ4n) is 2.30. The molecular weight excluding hydrogens is 264 g/mol. The molecule has 4 N–H and O–H groups in total. The van der Waals surface area contributed by atoms with Crippen molar-refractivity contribution in [1.29, 1.82) is 0 Å². The molecule has 19 heavy (non-hydrogen) atoms. The number of halogens is 1. The Labute approximate surface area is 114 Å². The van der Waals surface area contributed by atoms with Crippen LogP contribution < -0.4 is 11.5 Å². The number of hydrogen-bond acceptors (Lipinski definition) is 4. The Morgan fingerprint density at radius 1 is 0.789 bits per heavy atom. The number of fused-ring (bicyclic) bond motifs is 2. The number of hydrogen-bond donors (Lipinski definition) is 2. The second kappa shape index (κ2) is 3.83. The van der Waals surface area contributed by atoms with Gasteiger partial charge in [-0.2, -0.15) is 0 Å². The maximum atomic E-state index is 12.4. The smallest absolute Gasteiger partial charge is 0.196 e. The molecule has 2 aromatic carbocycles. The third-order valence-corrected chi connectivity index (χ3v) is 3.43. The van der Waals surface area contributed by atoms with Crippen LogP contribution in [0, 0.1) is 0 Å². The molecule has 0 aromatic heterocycles. The van der Waals surface area contributed by atoms with Crippen LogP contribution in [0.3, 0.4) is 0 Å². The number of rotatable bonds is 0. The average molecular weight is 273 g/mol. The van der Waals surface area contributed by atoms with Crippen LogP contribution in [0.4, 0.5) is 11.4 Å². The maximum absolute atomic E-state index is 12.4. The molecule has 4 nitrogen and oxygen atoms in total. The summed E-state index contributed by atoms with van der Waals surface area (Å²) in [6.07, 6.45) is 0. The number of benzene rings is 2. The van der Waals surface area contributed by atoms with Gasteiger partial charge in [-0.1, -0.05) is 11.6 Å². The summed E-state index contributed by atoms with van der Waals surface area (Å²) in [5, 5.41) is 0.394. The Morgan fingerprint density at radius 2 is 1.32 bits per heavy atom. The lowest BCUT2D eigenvalue weighted by Gasteiger charge is -2.20. The molecular formula is C14H9ClN2O2. The van der Waals surface area contributed by atoms with E-state index in [1.807, 2.05) is 0 Å². The van der Waals surface area contributed by atoms with Crippen molar-refractivity contribution in [3.05, 3.63) is 57.6 Å². The highest BCUT2D eigenvalue weighted by molar-refractivity contribution is 6.34. The van der Waals surface area contributed by atoms with E-state index in [1.165, 1.54) is 24.3 Å². The fraction of sp³-hybridized carbons (Fsp3) is 0. The SMILES string of the molecule is Nc1ccc(N)c2c1C(=O)c1ccc(Cl)cc1C2=O. The largest absolute Gasteiger partial charge is 0.398 e. The van der Waals surface area contributed by atoms with Crippen molar-refractivity contribution in [3.63, 3.8) is 0 Å². The van der Waals surface area contributed by atoms with Crippen molar-refractivity contribution in [2.75, 3.05) is 11.5 Å². The molecule has 0 aliphatic heterocycles. The van der Waals surface area contributed by atoms with E-state index in [0.29, 0.717) is 10.6 Å². The zero-order chi connectivity index (χ0) is 13.7. The summed E-state index contributed by atoms with van der Waals surface area (Å²) in [7, 11) is 0. The monoisotopic (exact) mass is 272 g/mol. The van der Waals surface area contributed by atoms with Crippen molar-refractivity contribution in [3.8, 4) is 0 Å². The van der Waals surface area contributed by atoms with Crippen molar-refractivity contribution in [1.82, 2.24) is 0 Å². The Bertz CT molecular complexity index is 753. The van der Waals surface area contributed by atoms with Crippen LogP contribution in [0.15, 0.2) is 30.3 Å². The first kappa shape index (κ1) is 11.7. The van der Waals surface area contributed by atoms with Gasteiger partial charge < -0.3 is 11.5 Å². The van der Waals surface area contributed by atoms with Crippen LogP contribution in [0.25, 0.3) is 0 Å². The summed E-state index contributed by atoms with van der Waals surface area (Å²) in [6.45, 7) is 0. The van der Waals surface area contributed by atoms with E-state index in [-0.39, 0.29) is 39.6 Å². The Morgan fingerprint density at radius 3 is 1.89 bits per heavy atom.